The number of aliphatic hydroxyl groups excluding tert-OH is 1. The number of nitrogens with zero attached hydrogens (tertiary/aromatic N) is 3. The minimum atomic E-state index is -0.490. The number of carbonyl (C=O) groups is 1. The zero-order chi connectivity index (χ0) is 20.4. The number of carbonyl (C=O) groups excluding carboxylic acids is 1. The van der Waals surface area contributed by atoms with Gasteiger partial charge in [0.15, 0.2) is 0 Å². The number of hydrogen-bond donors (Lipinski definition) is 2. The van der Waals surface area contributed by atoms with Crippen LogP contribution < -0.4 is 10.1 Å². The molecule has 7 nitrogen and oxygen atoms in total. The zero-order valence-corrected chi connectivity index (χ0v) is 16.8. The maximum Gasteiger partial charge on any atom is 0.270 e. The van der Waals surface area contributed by atoms with Crippen LogP contribution in [-0.4, -0.2) is 44.8 Å². The highest BCUT2D eigenvalue weighted by Gasteiger charge is 2.25. The van der Waals surface area contributed by atoms with Crippen molar-refractivity contribution in [3.8, 4) is 5.88 Å². The molecular weight excluding hydrogens is 368 g/mol. The van der Waals surface area contributed by atoms with Crippen LogP contribution in [0.15, 0.2) is 36.7 Å². The minimum Gasteiger partial charge on any atom is -0.481 e. The van der Waals surface area contributed by atoms with E-state index in [1.54, 1.807) is 13.3 Å². The monoisotopic (exact) mass is 394 g/mol. The van der Waals surface area contributed by atoms with E-state index < -0.39 is 6.10 Å². The first-order chi connectivity index (χ1) is 14.0. The highest BCUT2D eigenvalue weighted by Crippen LogP contribution is 2.24. The smallest absolute Gasteiger partial charge is 0.270 e. The van der Waals surface area contributed by atoms with Gasteiger partial charge in [0.2, 0.25) is 5.88 Å². The molecule has 0 aliphatic heterocycles. The van der Waals surface area contributed by atoms with E-state index in [-0.39, 0.29) is 11.9 Å². The second kappa shape index (κ2) is 8.21. The summed E-state index contributed by atoms with van der Waals surface area (Å²) >= 11 is 0. The SMILES string of the molecule is COc1ccc(Cc2cc(C(=O)N[C@H]3CCCC[C@@H]3O)nc3c2ccn3C)cn1. The molecule has 3 aromatic rings. The van der Waals surface area contributed by atoms with Gasteiger partial charge in [0.05, 0.1) is 19.3 Å². The molecule has 1 saturated carbocycles. The van der Waals surface area contributed by atoms with Gasteiger partial charge in [-0.05, 0) is 42.5 Å². The number of nitrogens with one attached hydrogen (secondary N) is 1. The molecule has 152 valence electrons. The predicted molar refractivity (Wildman–Crippen MR) is 110 cm³/mol. The summed E-state index contributed by atoms with van der Waals surface area (Å²) in [7, 11) is 3.51. The van der Waals surface area contributed by atoms with E-state index in [4.69, 9.17) is 4.74 Å². The van der Waals surface area contributed by atoms with Crippen LogP contribution in [0.2, 0.25) is 0 Å². The van der Waals surface area contributed by atoms with E-state index in [9.17, 15) is 9.90 Å². The highest BCUT2D eigenvalue weighted by molar-refractivity contribution is 5.95. The molecule has 3 heterocycles. The average Bonchev–Trinajstić information content (AvgIpc) is 3.11. The summed E-state index contributed by atoms with van der Waals surface area (Å²) in [5.74, 6) is 0.326. The van der Waals surface area contributed by atoms with Crippen LogP contribution >= 0.6 is 0 Å². The van der Waals surface area contributed by atoms with E-state index in [0.717, 1.165) is 47.8 Å². The Balaban J connectivity index is 1.64. The number of aryl methyl sites for hydroxylation is 1. The molecule has 1 aliphatic carbocycles. The van der Waals surface area contributed by atoms with Gasteiger partial charge in [0, 0.05) is 30.9 Å². The number of hydrogen-bond acceptors (Lipinski definition) is 5. The molecule has 0 unspecified atom stereocenters. The van der Waals surface area contributed by atoms with Crippen molar-refractivity contribution in [2.45, 2.75) is 44.2 Å². The molecule has 29 heavy (non-hydrogen) atoms. The Morgan fingerprint density at radius 2 is 2.14 bits per heavy atom. The number of ether oxygens (including phenoxy) is 1. The summed E-state index contributed by atoms with van der Waals surface area (Å²) in [5, 5.41) is 14.2. The maximum absolute atomic E-state index is 12.9. The Morgan fingerprint density at radius 3 is 2.86 bits per heavy atom. The fourth-order valence-electron chi connectivity index (χ4n) is 3.94. The number of amides is 1. The number of fused-ring (bicyclic) bond motifs is 1. The van der Waals surface area contributed by atoms with Crippen LogP contribution in [0.25, 0.3) is 11.0 Å². The zero-order valence-electron chi connectivity index (χ0n) is 16.8. The summed E-state index contributed by atoms with van der Waals surface area (Å²) in [5.41, 5.74) is 3.17. The standard InChI is InChI=1S/C22H26N4O3/c1-26-10-9-16-15(11-14-7-8-20(29-2)23-13-14)12-18(24-21(16)26)22(28)25-17-5-3-4-6-19(17)27/h7-10,12-13,17,19,27H,3-6,11H2,1-2H3,(H,25,28)/t17-,19-/m0/s1. The second-order valence-corrected chi connectivity index (χ2v) is 7.65. The molecule has 0 spiro atoms. The largest absolute Gasteiger partial charge is 0.481 e. The van der Waals surface area contributed by atoms with Crippen molar-refractivity contribution >= 4 is 16.9 Å². The molecule has 2 N–H and O–H groups in total. The molecule has 4 rings (SSSR count). The summed E-state index contributed by atoms with van der Waals surface area (Å²) in [6.07, 6.45) is 7.41. The first kappa shape index (κ1) is 19.4. The van der Waals surface area contributed by atoms with Crippen molar-refractivity contribution in [3.05, 3.63) is 53.5 Å². The maximum atomic E-state index is 12.9. The lowest BCUT2D eigenvalue weighted by molar-refractivity contribution is 0.0714. The Morgan fingerprint density at radius 1 is 1.31 bits per heavy atom. The van der Waals surface area contributed by atoms with E-state index in [1.165, 1.54) is 0 Å². The lowest BCUT2D eigenvalue weighted by atomic mass is 9.92. The third-order valence-electron chi connectivity index (χ3n) is 5.60. The number of aliphatic hydroxyl groups is 1. The topological polar surface area (TPSA) is 89.3 Å². The van der Waals surface area contributed by atoms with E-state index in [0.29, 0.717) is 18.0 Å². The number of methoxy groups -OCH3 is 1. The van der Waals surface area contributed by atoms with E-state index in [2.05, 4.69) is 15.3 Å². The van der Waals surface area contributed by atoms with Crippen LogP contribution in [0.1, 0.15) is 47.3 Å². The molecule has 0 bridgehead atoms. The minimum absolute atomic E-state index is 0.212. The van der Waals surface area contributed by atoms with Crippen molar-refractivity contribution in [3.63, 3.8) is 0 Å². The third kappa shape index (κ3) is 4.10. The average molecular weight is 394 g/mol. The molecule has 0 saturated heterocycles. The molecule has 0 radical (unpaired) electrons. The number of pyridine rings is 2. The molecule has 1 aliphatic rings. The summed E-state index contributed by atoms with van der Waals surface area (Å²) < 4.78 is 7.04. The molecular formula is C22H26N4O3. The molecule has 1 fully saturated rings. The van der Waals surface area contributed by atoms with Crippen LogP contribution in [0.4, 0.5) is 0 Å². The second-order valence-electron chi connectivity index (χ2n) is 7.65. The fourth-order valence-corrected chi connectivity index (χ4v) is 3.94. The Labute approximate surface area is 169 Å². The first-order valence-corrected chi connectivity index (χ1v) is 9.98. The van der Waals surface area contributed by atoms with Crippen molar-refractivity contribution in [1.29, 1.82) is 0 Å². The van der Waals surface area contributed by atoms with Gasteiger partial charge in [0.25, 0.3) is 5.91 Å². The van der Waals surface area contributed by atoms with Gasteiger partial charge in [-0.25, -0.2) is 9.97 Å². The molecule has 0 aromatic carbocycles. The molecule has 3 aromatic heterocycles. The van der Waals surface area contributed by atoms with Crippen molar-refractivity contribution < 1.29 is 14.6 Å². The molecule has 2 atom stereocenters. The predicted octanol–water partition coefficient (Wildman–Crippen LogP) is 2.60. The lowest BCUT2D eigenvalue weighted by Gasteiger charge is -2.28. The molecule has 7 heteroatoms. The Bertz CT molecular complexity index is 1010. The van der Waals surface area contributed by atoms with Gasteiger partial charge < -0.3 is 19.7 Å². The van der Waals surface area contributed by atoms with Crippen molar-refractivity contribution in [2.75, 3.05) is 7.11 Å². The number of aromatic nitrogens is 3. The van der Waals surface area contributed by atoms with Crippen molar-refractivity contribution in [2.24, 2.45) is 7.05 Å². The van der Waals surface area contributed by atoms with Crippen LogP contribution in [0, 0.1) is 0 Å². The summed E-state index contributed by atoms with van der Waals surface area (Å²) in [6.45, 7) is 0. The Hall–Kier alpha value is -2.93. The summed E-state index contributed by atoms with van der Waals surface area (Å²) in [6, 6.07) is 7.45. The summed E-state index contributed by atoms with van der Waals surface area (Å²) in [4.78, 5) is 21.8. The lowest BCUT2D eigenvalue weighted by Crippen LogP contribution is -2.45. The van der Waals surface area contributed by atoms with Gasteiger partial charge in [0.1, 0.15) is 11.3 Å². The van der Waals surface area contributed by atoms with Crippen LogP contribution in [0.5, 0.6) is 5.88 Å². The highest BCUT2D eigenvalue weighted by atomic mass is 16.5. The fraction of sp³-hybridized carbons (Fsp3) is 0.409. The van der Waals surface area contributed by atoms with Gasteiger partial charge in [-0.1, -0.05) is 18.9 Å². The first-order valence-electron chi connectivity index (χ1n) is 9.98. The van der Waals surface area contributed by atoms with E-state index in [1.807, 2.05) is 42.1 Å². The third-order valence-corrected chi connectivity index (χ3v) is 5.60. The normalized spacial score (nSPS) is 19.3. The Kier molecular flexibility index (Phi) is 5.49. The van der Waals surface area contributed by atoms with Gasteiger partial charge in [-0.2, -0.15) is 0 Å². The van der Waals surface area contributed by atoms with Crippen molar-refractivity contribution in [1.82, 2.24) is 19.9 Å². The van der Waals surface area contributed by atoms with Crippen LogP contribution in [0.3, 0.4) is 0 Å². The van der Waals surface area contributed by atoms with Gasteiger partial charge in [-0.3, -0.25) is 4.79 Å². The quantitative estimate of drug-likeness (QED) is 0.694. The van der Waals surface area contributed by atoms with Gasteiger partial charge >= 0.3 is 0 Å². The number of rotatable bonds is 5. The van der Waals surface area contributed by atoms with Gasteiger partial charge in [-0.15, -0.1) is 0 Å². The molecule has 1 amide bonds. The van der Waals surface area contributed by atoms with Crippen LogP contribution in [-0.2, 0) is 13.5 Å². The van der Waals surface area contributed by atoms with E-state index >= 15 is 0 Å².